The standard InChI is InChI=1S/C21H19ClN6O4/c22-15-2-1-3-17(12-15)26-8-10-27(11-9-26)20-18(28(31)32)19(23-13-24-20)25-16-6-4-14(5-7-16)21(29)30/h1-7,12-13H,8-11H2,(H,29,30)(H,23,24,25). The van der Waals surface area contributed by atoms with Crippen LogP contribution in [-0.2, 0) is 0 Å². The molecule has 1 aliphatic heterocycles. The molecule has 1 fully saturated rings. The molecular formula is C21H19ClN6O4. The van der Waals surface area contributed by atoms with Gasteiger partial charge in [-0.3, -0.25) is 10.1 Å². The van der Waals surface area contributed by atoms with Crippen molar-refractivity contribution in [3.8, 4) is 0 Å². The van der Waals surface area contributed by atoms with E-state index in [-0.39, 0.29) is 22.9 Å². The summed E-state index contributed by atoms with van der Waals surface area (Å²) >= 11 is 6.09. The lowest BCUT2D eigenvalue weighted by Gasteiger charge is -2.36. The Kier molecular flexibility index (Phi) is 6.04. The minimum atomic E-state index is -1.05. The Balaban J connectivity index is 1.54. The van der Waals surface area contributed by atoms with Gasteiger partial charge < -0.3 is 20.2 Å². The number of anilines is 4. The van der Waals surface area contributed by atoms with Gasteiger partial charge in [-0.2, -0.15) is 0 Å². The van der Waals surface area contributed by atoms with E-state index >= 15 is 0 Å². The van der Waals surface area contributed by atoms with Crippen LogP contribution in [0.25, 0.3) is 0 Å². The van der Waals surface area contributed by atoms with Crippen LogP contribution < -0.4 is 15.1 Å². The van der Waals surface area contributed by atoms with E-state index in [4.69, 9.17) is 16.7 Å². The second kappa shape index (κ2) is 9.06. The van der Waals surface area contributed by atoms with Crippen molar-refractivity contribution in [3.05, 3.63) is 75.6 Å². The molecule has 164 valence electrons. The van der Waals surface area contributed by atoms with Crippen LogP contribution >= 0.6 is 11.6 Å². The van der Waals surface area contributed by atoms with Crippen molar-refractivity contribution in [3.63, 3.8) is 0 Å². The number of nitrogens with one attached hydrogen (secondary N) is 1. The van der Waals surface area contributed by atoms with Crippen molar-refractivity contribution in [1.82, 2.24) is 9.97 Å². The number of carbonyl (C=O) groups is 1. The number of hydrogen-bond acceptors (Lipinski definition) is 8. The summed E-state index contributed by atoms with van der Waals surface area (Å²) in [7, 11) is 0. The number of carboxylic acids is 1. The summed E-state index contributed by atoms with van der Waals surface area (Å²) in [6.07, 6.45) is 1.28. The topological polar surface area (TPSA) is 125 Å². The fourth-order valence-corrected chi connectivity index (χ4v) is 3.73. The molecule has 0 radical (unpaired) electrons. The first-order valence-corrected chi connectivity index (χ1v) is 10.2. The molecule has 1 saturated heterocycles. The summed E-state index contributed by atoms with van der Waals surface area (Å²) in [6, 6.07) is 13.4. The van der Waals surface area contributed by atoms with E-state index in [1.54, 1.807) is 0 Å². The van der Waals surface area contributed by atoms with Gasteiger partial charge in [0.2, 0.25) is 11.6 Å². The van der Waals surface area contributed by atoms with Crippen LogP contribution in [0.5, 0.6) is 0 Å². The van der Waals surface area contributed by atoms with Gasteiger partial charge in [0.05, 0.1) is 10.5 Å². The number of halogens is 1. The Bertz CT molecular complexity index is 1150. The number of carboxylic acid groups (broad SMARTS) is 1. The minimum absolute atomic E-state index is 0.0420. The summed E-state index contributed by atoms with van der Waals surface area (Å²) in [6.45, 7) is 2.38. The van der Waals surface area contributed by atoms with Crippen LogP contribution in [0.3, 0.4) is 0 Å². The highest BCUT2D eigenvalue weighted by Crippen LogP contribution is 2.34. The first-order chi connectivity index (χ1) is 15.4. The SMILES string of the molecule is O=C(O)c1ccc(Nc2ncnc(N3CCN(c4cccc(Cl)c4)CC3)c2[N+](=O)[O-])cc1. The Labute approximate surface area is 188 Å². The van der Waals surface area contributed by atoms with Crippen molar-refractivity contribution >= 4 is 46.3 Å². The highest BCUT2D eigenvalue weighted by Gasteiger charge is 2.29. The zero-order valence-electron chi connectivity index (χ0n) is 16.8. The second-order valence-electron chi connectivity index (χ2n) is 7.11. The van der Waals surface area contributed by atoms with Crippen LogP contribution in [0, 0.1) is 10.1 Å². The van der Waals surface area contributed by atoms with E-state index in [0.717, 1.165) is 5.69 Å². The lowest BCUT2D eigenvalue weighted by molar-refractivity contribution is -0.383. The predicted octanol–water partition coefficient (Wildman–Crippen LogP) is 3.81. The van der Waals surface area contributed by atoms with E-state index < -0.39 is 10.9 Å². The fraction of sp³-hybridized carbons (Fsp3) is 0.190. The maximum absolute atomic E-state index is 11.9. The molecule has 2 heterocycles. The van der Waals surface area contributed by atoms with Crippen LogP contribution in [0.4, 0.5) is 28.7 Å². The smallest absolute Gasteiger partial charge is 0.353 e. The van der Waals surface area contributed by atoms with E-state index in [0.29, 0.717) is 36.9 Å². The molecule has 0 spiro atoms. The lowest BCUT2D eigenvalue weighted by atomic mass is 10.2. The molecule has 0 saturated carbocycles. The number of aromatic carboxylic acids is 1. The Morgan fingerprint density at radius 2 is 1.75 bits per heavy atom. The van der Waals surface area contributed by atoms with Crippen LogP contribution in [0.1, 0.15) is 10.4 Å². The van der Waals surface area contributed by atoms with Gasteiger partial charge in [-0.05, 0) is 42.5 Å². The van der Waals surface area contributed by atoms with Crippen molar-refractivity contribution in [1.29, 1.82) is 0 Å². The van der Waals surface area contributed by atoms with Crippen molar-refractivity contribution in [2.45, 2.75) is 0 Å². The number of piperazine rings is 1. The molecule has 0 atom stereocenters. The van der Waals surface area contributed by atoms with Crippen molar-refractivity contribution in [2.75, 3.05) is 41.3 Å². The number of rotatable bonds is 6. The van der Waals surface area contributed by atoms with E-state index in [1.165, 1.54) is 30.6 Å². The van der Waals surface area contributed by atoms with E-state index in [1.807, 2.05) is 29.2 Å². The Hall–Kier alpha value is -3.92. The summed E-state index contributed by atoms with van der Waals surface area (Å²) < 4.78 is 0. The van der Waals surface area contributed by atoms with E-state index in [2.05, 4.69) is 20.2 Å². The molecule has 4 rings (SSSR count). The Morgan fingerprint density at radius 1 is 1.06 bits per heavy atom. The minimum Gasteiger partial charge on any atom is -0.478 e. The van der Waals surface area contributed by atoms with Gasteiger partial charge in [0.25, 0.3) is 0 Å². The van der Waals surface area contributed by atoms with Crippen molar-refractivity contribution in [2.24, 2.45) is 0 Å². The maximum Gasteiger partial charge on any atom is 0.353 e. The average Bonchev–Trinajstić information content (AvgIpc) is 2.79. The number of hydrogen-bond donors (Lipinski definition) is 2. The number of nitrogens with zero attached hydrogens (tertiary/aromatic N) is 5. The summed E-state index contributed by atoms with van der Waals surface area (Å²) in [5.74, 6) is -0.774. The lowest BCUT2D eigenvalue weighted by Crippen LogP contribution is -2.47. The molecule has 0 amide bonds. The maximum atomic E-state index is 11.9. The molecule has 11 heteroatoms. The van der Waals surface area contributed by atoms with Gasteiger partial charge >= 0.3 is 11.7 Å². The highest BCUT2D eigenvalue weighted by atomic mass is 35.5. The van der Waals surface area contributed by atoms with Gasteiger partial charge in [-0.15, -0.1) is 0 Å². The third kappa shape index (κ3) is 4.54. The first-order valence-electron chi connectivity index (χ1n) is 9.77. The molecule has 3 aromatic rings. The zero-order chi connectivity index (χ0) is 22.7. The number of aromatic nitrogens is 2. The first kappa shape index (κ1) is 21.3. The quantitative estimate of drug-likeness (QED) is 0.422. The molecule has 1 aliphatic rings. The van der Waals surface area contributed by atoms with Crippen LogP contribution in [0.2, 0.25) is 5.02 Å². The molecule has 0 aliphatic carbocycles. The molecule has 2 N–H and O–H groups in total. The van der Waals surface area contributed by atoms with E-state index in [9.17, 15) is 14.9 Å². The Morgan fingerprint density at radius 3 is 2.38 bits per heavy atom. The van der Waals surface area contributed by atoms with Gasteiger partial charge in [-0.25, -0.2) is 14.8 Å². The highest BCUT2D eigenvalue weighted by molar-refractivity contribution is 6.30. The molecule has 1 aromatic heterocycles. The summed E-state index contributed by atoms with van der Waals surface area (Å²) in [4.78, 5) is 34.7. The molecule has 32 heavy (non-hydrogen) atoms. The monoisotopic (exact) mass is 454 g/mol. The molecule has 0 bridgehead atoms. The second-order valence-corrected chi connectivity index (χ2v) is 7.55. The van der Waals surface area contributed by atoms with Crippen molar-refractivity contribution < 1.29 is 14.8 Å². The molecule has 0 unspecified atom stereocenters. The number of benzene rings is 2. The van der Waals surface area contributed by atoms with Gasteiger partial charge in [-0.1, -0.05) is 17.7 Å². The fourth-order valence-electron chi connectivity index (χ4n) is 3.54. The van der Waals surface area contributed by atoms with Crippen LogP contribution in [0.15, 0.2) is 54.9 Å². The number of nitro groups is 1. The van der Waals surface area contributed by atoms with Gasteiger partial charge in [0.1, 0.15) is 6.33 Å². The van der Waals surface area contributed by atoms with Crippen LogP contribution in [-0.4, -0.2) is 52.1 Å². The third-order valence-electron chi connectivity index (χ3n) is 5.13. The normalized spacial score (nSPS) is 13.7. The van der Waals surface area contributed by atoms with Gasteiger partial charge in [0, 0.05) is 42.6 Å². The summed E-state index contributed by atoms with van der Waals surface area (Å²) in [5, 5.41) is 24.5. The third-order valence-corrected chi connectivity index (χ3v) is 5.37. The molecule has 2 aromatic carbocycles. The predicted molar refractivity (Wildman–Crippen MR) is 121 cm³/mol. The average molecular weight is 455 g/mol. The van der Waals surface area contributed by atoms with Gasteiger partial charge in [0.15, 0.2) is 0 Å². The molecular weight excluding hydrogens is 436 g/mol. The zero-order valence-corrected chi connectivity index (χ0v) is 17.6. The summed E-state index contributed by atoms with van der Waals surface area (Å²) in [5.41, 5.74) is 1.37. The molecule has 10 nitrogen and oxygen atoms in total. The largest absolute Gasteiger partial charge is 0.478 e.